The molecule has 0 aliphatic rings. The van der Waals surface area contributed by atoms with E-state index in [0.29, 0.717) is 5.16 Å². The zero-order valence-electron chi connectivity index (χ0n) is 11.3. The van der Waals surface area contributed by atoms with Gasteiger partial charge < -0.3 is 15.0 Å². The lowest BCUT2D eigenvalue weighted by Gasteiger charge is -2.07. The fraction of sp³-hybridized carbons (Fsp3) is 0.286. The van der Waals surface area contributed by atoms with Crippen LogP contribution in [0.3, 0.4) is 0 Å². The first-order valence-corrected chi connectivity index (χ1v) is 6.93. The van der Waals surface area contributed by atoms with Crippen LogP contribution in [0.25, 0.3) is 11.0 Å². The Hall–Kier alpha value is -2.13. The minimum absolute atomic E-state index is 0.106. The number of carbonyl (C=O) groups excluding carboxylic acids is 1. The van der Waals surface area contributed by atoms with Crippen molar-refractivity contribution in [1.29, 1.82) is 0 Å². The minimum atomic E-state index is -0.272. The minimum Gasteiger partial charge on any atom is -0.497 e. The Balaban J connectivity index is 2.10. The first-order valence-electron chi connectivity index (χ1n) is 6.05. The summed E-state index contributed by atoms with van der Waals surface area (Å²) in [5.41, 5.74) is 1.72. The number of thioether (sulfide) groups is 1. The van der Waals surface area contributed by atoms with Crippen LogP contribution < -0.4 is 10.1 Å². The van der Waals surface area contributed by atoms with E-state index in [-0.39, 0.29) is 17.7 Å². The Kier molecular flexibility index (Phi) is 4.53. The molecule has 2 rings (SSSR count). The summed E-state index contributed by atoms with van der Waals surface area (Å²) in [5, 5.41) is 3.07. The summed E-state index contributed by atoms with van der Waals surface area (Å²) in [7, 11) is 1.62. The van der Waals surface area contributed by atoms with E-state index in [2.05, 4.69) is 21.2 Å². The van der Waals surface area contributed by atoms with Gasteiger partial charge in [-0.3, -0.25) is 4.79 Å². The quantitative estimate of drug-likeness (QED) is 0.650. The number of rotatable bonds is 5. The van der Waals surface area contributed by atoms with Gasteiger partial charge in [0.15, 0.2) is 5.16 Å². The maximum atomic E-state index is 11.7. The molecule has 1 unspecified atom stereocenters. The molecule has 6 heteroatoms. The summed E-state index contributed by atoms with van der Waals surface area (Å²) in [4.78, 5) is 19.3. The molecule has 1 aromatic heterocycles. The predicted octanol–water partition coefficient (Wildman–Crippen LogP) is 1.80. The summed E-state index contributed by atoms with van der Waals surface area (Å²) in [5.74, 6) is 3.03. The van der Waals surface area contributed by atoms with Crippen molar-refractivity contribution in [2.75, 3.05) is 13.7 Å². The summed E-state index contributed by atoms with van der Waals surface area (Å²) >= 11 is 1.35. The van der Waals surface area contributed by atoms with Gasteiger partial charge in [-0.2, -0.15) is 0 Å². The van der Waals surface area contributed by atoms with E-state index in [0.717, 1.165) is 16.8 Å². The summed E-state index contributed by atoms with van der Waals surface area (Å²) in [6.07, 6.45) is 5.11. The van der Waals surface area contributed by atoms with Crippen molar-refractivity contribution in [1.82, 2.24) is 15.3 Å². The molecule has 0 fully saturated rings. The zero-order chi connectivity index (χ0) is 14.5. The molecule has 1 heterocycles. The van der Waals surface area contributed by atoms with Crippen molar-refractivity contribution < 1.29 is 9.53 Å². The Bertz CT molecular complexity index is 660. The molecule has 1 amide bonds. The molecule has 0 bridgehead atoms. The molecule has 1 atom stereocenters. The van der Waals surface area contributed by atoms with Crippen LogP contribution in [0.4, 0.5) is 0 Å². The third kappa shape index (κ3) is 3.25. The standard InChI is InChI=1S/C14H15N3O2S/c1-4-7-15-13(18)9(2)20-14-16-11-6-5-10(19-3)8-12(11)17-14/h1,5-6,8-9H,7H2,2-3H3,(H,15,18)(H,16,17). The molecule has 2 N–H and O–H groups in total. The molecule has 0 saturated heterocycles. The number of ether oxygens (including phenoxy) is 1. The molecule has 104 valence electrons. The van der Waals surface area contributed by atoms with Crippen molar-refractivity contribution in [3.8, 4) is 18.1 Å². The van der Waals surface area contributed by atoms with Crippen LogP contribution in [-0.4, -0.2) is 34.8 Å². The van der Waals surface area contributed by atoms with Gasteiger partial charge in [-0.15, -0.1) is 6.42 Å². The number of terminal acetylenes is 1. The summed E-state index contributed by atoms with van der Waals surface area (Å²) in [6.45, 7) is 2.05. The lowest BCUT2D eigenvalue weighted by atomic mass is 10.3. The predicted molar refractivity (Wildman–Crippen MR) is 79.8 cm³/mol. The fourth-order valence-electron chi connectivity index (χ4n) is 1.65. The smallest absolute Gasteiger partial charge is 0.234 e. The van der Waals surface area contributed by atoms with Gasteiger partial charge >= 0.3 is 0 Å². The van der Waals surface area contributed by atoms with Crippen LogP contribution in [0.2, 0.25) is 0 Å². The third-order valence-corrected chi connectivity index (χ3v) is 3.67. The zero-order valence-corrected chi connectivity index (χ0v) is 12.1. The number of benzene rings is 1. The van der Waals surface area contributed by atoms with Crippen LogP contribution in [0.15, 0.2) is 23.4 Å². The van der Waals surface area contributed by atoms with E-state index in [1.54, 1.807) is 7.11 Å². The Morgan fingerprint density at radius 1 is 1.65 bits per heavy atom. The lowest BCUT2D eigenvalue weighted by Crippen LogP contribution is -2.31. The normalized spacial score (nSPS) is 11.8. The fourth-order valence-corrected chi connectivity index (χ4v) is 2.50. The molecule has 0 spiro atoms. The highest BCUT2D eigenvalue weighted by atomic mass is 32.2. The summed E-state index contributed by atoms with van der Waals surface area (Å²) < 4.78 is 5.16. The number of amides is 1. The van der Waals surface area contributed by atoms with Crippen molar-refractivity contribution >= 4 is 28.7 Å². The number of aromatic nitrogens is 2. The second-order valence-corrected chi connectivity index (χ2v) is 5.44. The highest BCUT2D eigenvalue weighted by Crippen LogP contribution is 2.25. The van der Waals surface area contributed by atoms with Gasteiger partial charge in [-0.1, -0.05) is 17.7 Å². The summed E-state index contributed by atoms with van der Waals surface area (Å²) in [6, 6.07) is 5.59. The van der Waals surface area contributed by atoms with Gasteiger partial charge in [-0.25, -0.2) is 4.98 Å². The molecule has 5 nitrogen and oxygen atoms in total. The van der Waals surface area contributed by atoms with Crippen LogP contribution >= 0.6 is 11.8 Å². The number of hydrogen-bond donors (Lipinski definition) is 2. The van der Waals surface area contributed by atoms with Gasteiger partial charge in [0.05, 0.1) is 29.9 Å². The number of nitrogens with one attached hydrogen (secondary N) is 2. The Labute approximate surface area is 121 Å². The lowest BCUT2D eigenvalue weighted by molar-refractivity contribution is -0.120. The van der Waals surface area contributed by atoms with E-state index in [4.69, 9.17) is 11.2 Å². The average molecular weight is 289 g/mol. The van der Waals surface area contributed by atoms with Crippen LogP contribution in [0.1, 0.15) is 6.92 Å². The topological polar surface area (TPSA) is 67.0 Å². The number of carbonyl (C=O) groups is 1. The van der Waals surface area contributed by atoms with E-state index in [9.17, 15) is 4.79 Å². The van der Waals surface area contributed by atoms with Crippen molar-refractivity contribution in [2.24, 2.45) is 0 Å². The SMILES string of the molecule is C#CCNC(=O)C(C)Sc1nc2ccc(OC)cc2[nH]1. The van der Waals surface area contributed by atoms with Crippen molar-refractivity contribution in [3.05, 3.63) is 18.2 Å². The first-order chi connectivity index (χ1) is 9.63. The van der Waals surface area contributed by atoms with Gasteiger partial charge in [0, 0.05) is 6.07 Å². The maximum absolute atomic E-state index is 11.7. The Morgan fingerprint density at radius 3 is 3.15 bits per heavy atom. The van der Waals surface area contributed by atoms with E-state index in [1.165, 1.54) is 11.8 Å². The number of fused-ring (bicyclic) bond motifs is 1. The van der Waals surface area contributed by atoms with E-state index >= 15 is 0 Å². The number of nitrogens with zero attached hydrogens (tertiary/aromatic N) is 1. The highest BCUT2D eigenvalue weighted by Gasteiger charge is 2.16. The van der Waals surface area contributed by atoms with Crippen LogP contribution in [0.5, 0.6) is 5.75 Å². The number of imidazole rings is 1. The second-order valence-electron chi connectivity index (χ2n) is 4.11. The molecular formula is C14H15N3O2S. The Morgan fingerprint density at radius 2 is 2.45 bits per heavy atom. The number of H-pyrrole nitrogens is 1. The molecule has 1 aromatic carbocycles. The first kappa shape index (κ1) is 14.3. The molecule has 0 radical (unpaired) electrons. The van der Waals surface area contributed by atoms with Crippen molar-refractivity contribution in [3.63, 3.8) is 0 Å². The third-order valence-electron chi connectivity index (χ3n) is 2.69. The number of methoxy groups -OCH3 is 1. The van der Waals surface area contributed by atoms with Gasteiger partial charge in [0.2, 0.25) is 5.91 Å². The van der Waals surface area contributed by atoms with Gasteiger partial charge in [0.1, 0.15) is 5.75 Å². The van der Waals surface area contributed by atoms with Crippen LogP contribution in [0, 0.1) is 12.3 Å². The molecule has 0 aliphatic carbocycles. The van der Waals surface area contributed by atoms with Crippen molar-refractivity contribution in [2.45, 2.75) is 17.3 Å². The van der Waals surface area contributed by atoms with E-state index < -0.39 is 0 Å². The van der Waals surface area contributed by atoms with Gasteiger partial charge in [0.25, 0.3) is 0 Å². The molecule has 2 aromatic rings. The molecule has 20 heavy (non-hydrogen) atoms. The molecule has 0 aliphatic heterocycles. The number of aromatic amines is 1. The monoisotopic (exact) mass is 289 g/mol. The average Bonchev–Trinajstić information content (AvgIpc) is 2.85. The molecular weight excluding hydrogens is 274 g/mol. The van der Waals surface area contributed by atoms with Gasteiger partial charge in [-0.05, 0) is 19.1 Å². The highest BCUT2D eigenvalue weighted by molar-refractivity contribution is 8.00. The second kappa shape index (κ2) is 6.35. The largest absolute Gasteiger partial charge is 0.497 e. The maximum Gasteiger partial charge on any atom is 0.234 e. The molecule has 0 saturated carbocycles. The van der Waals surface area contributed by atoms with Crippen LogP contribution in [-0.2, 0) is 4.79 Å². The number of hydrogen-bond acceptors (Lipinski definition) is 4. The van der Waals surface area contributed by atoms with E-state index in [1.807, 2.05) is 25.1 Å².